The van der Waals surface area contributed by atoms with E-state index in [-0.39, 0.29) is 23.0 Å². The molecule has 0 fully saturated rings. The highest BCUT2D eigenvalue weighted by Gasteiger charge is 2.46. The average molecular weight is 456 g/mol. The number of carbonyl (C=O) groups excluding carboxylic acids is 1. The Balaban J connectivity index is 1.63. The van der Waals surface area contributed by atoms with Gasteiger partial charge in [0.15, 0.2) is 0 Å². The predicted octanol–water partition coefficient (Wildman–Crippen LogP) is 6.42. The van der Waals surface area contributed by atoms with E-state index in [2.05, 4.69) is 56.4 Å². The van der Waals surface area contributed by atoms with Gasteiger partial charge in [0.25, 0.3) is 0 Å². The number of anilines is 1. The molecule has 1 aliphatic carbocycles. The van der Waals surface area contributed by atoms with Crippen molar-refractivity contribution in [3.8, 4) is 11.4 Å². The summed E-state index contributed by atoms with van der Waals surface area (Å²) < 4.78 is 7.87. The zero-order valence-corrected chi connectivity index (χ0v) is 20.5. The van der Waals surface area contributed by atoms with Gasteiger partial charge >= 0.3 is 0 Å². The van der Waals surface area contributed by atoms with Crippen LogP contribution in [0.5, 0.6) is 5.75 Å². The summed E-state index contributed by atoms with van der Waals surface area (Å²) in [4.78, 5) is 13.5. The zero-order chi connectivity index (χ0) is 23.9. The minimum atomic E-state index is -0.237. The summed E-state index contributed by atoms with van der Waals surface area (Å²) >= 11 is 0. The van der Waals surface area contributed by atoms with Crippen molar-refractivity contribution in [2.45, 2.75) is 52.9 Å². The third kappa shape index (κ3) is 4.04. The van der Waals surface area contributed by atoms with Crippen molar-refractivity contribution in [3.05, 3.63) is 83.2 Å². The van der Waals surface area contributed by atoms with Gasteiger partial charge in [0.2, 0.25) is 0 Å². The molecule has 0 amide bonds. The molecule has 2 aliphatic rings. The molecule has 5 rings (SSSR count). The normalized spacial score (nSPS) is 20.7. The number of allylic oxidation sites excluding steroid dienone is 2. The van der Waals surface area contributed by atoms with Crippen LogP contribution in [0.25, 0.3) is 5.69 Å². The first-order valence-electron chi connectivity index (χ1n) is 12.3. The molecule has 0 saturated heterocycles. The number of hydrogen-bond donors (Lipinski definition) is 1. The number of aromatic nitrogens is 2. The first-order chi connectivity index (χ1) is 16.4. The second kappa shape index (κ2) is 8.79. The van der Waals surface area contributed by atoms with Crippen LogP contribution in [-0.4, -0.2) is 22.2 Å². The summed E-state index contributed by atoms with van der Waals surface area (Å²) in [7, 11) is 0. The number of nitrogens with one attached hydrogen (secondary N) is 1. The van der Waals surface area contributed by atoms with Crippen LogP contribution in [0.2, 0.25) is 0 Å². The standard InChI is InChI=1S/C29H33N3O2/c1-5-6-16-34-22-14-12-20(13-15-22)26-25-19(2)31-32(21-10-8-7-9-11-21)28(25)30-23-17-29(3,4)18-24(33)27(23)26/h7-15,17,26-27,30H,5-6,16,18H2,1-4H3/t26-,27+/m1/s1. The lowest BCUT2D eigenvalue weighted by atomic mass is 9.67. The van der Waals surface area contributed by atoms with Gasteiger partial charge in [0, 0.05) is 23.6 Å². The molecule has 1 N–H and O–H groups in total. The molecule has 0 radical (unpaired) electrons. The molecule has 1 aliphatic heterocycles. The van der Waals surface area contributed by atoms with Crippen molar-refractivity contribution in [3.63, 3.8) is 0 Å². The van der Waals surface area contributed by atoms with Gasteiger partial charge in [-0.1, -0.05) is 63.6 Å². The van der Waals surface area contributed by atoms with Crippen molar-refractivity contribution in [1.82, 2.24) is 9.78 Å². The molecule has 2 atom stereocenters. The Bertz CT molecular complexity index is 1220. The molecule has 1 aromatic heterocycles. The fourth-order valence-corrected chi connectivity index (χ4v) is 5.33. The van der Waals surface area contributed by atoms with Gasteiger partial charge in [-0.2, -0.15) is 5.10 Å². The summed E-state index contributed by atoms with van der Waals surface area (Å²) in [6.07, 6.45) is 4.93. The quantitative estimate of drug-likeness (QED) is 0.436. The number of unbranched alkanes of at least 4 members (excludes halogenated alkanes) is 1. The monoisotopic (exact) mass is 455 g/mol. The molecule has 0 spiro atoms. The molecule has 0 saturated carbocycles. The molecule has 5 nitrogen and oxygen atoms in total. The lowest BCUT2D eigenvalue weighted by Crippen LogP contribution is -2.39. The smallest absolute Gasteiger partial charge is 0.143 e. The van der Waals surface area contributed by atoms with Crippen molar-refractivity contribution >= 4 is 11.6 Å². The van der Waals surface area contributed by atoms with E-state index in [0.29, 0.717) is 6.42 Å². The van der Waals surface area contributed by atoms with E-state index in [1.807, 2.05) is 41.9 Å². The van der Waals surface area contributed by atoms with Gasteiger partial charge in [-0.3, -0.25) is 4.79 Å². The van der Waals surface area contributed by atoms with Crippen LogP contribution in [0.3, 0.4) is 0 Å². The maximum Gasteiger partial charge on any atom is 0.143 e. The van der Waals surface area contributed by atoms with Crippen LogP contribution in [0.1, 0.15) is 62.8 Å². The number of ketones is 1. The number of fused-ring (bicyclic) bond motifs is 2. The van der Waals surface area contributed by atoms with Crippen LogP contribution >= 0.6 is 0 Å². The summed E-state index contributed by atoms with van der Waals surface area (Å²) in [6.45, 7) is 9.18. The molecular weight excluding hydrogens is 422 g/mol. The fourth-order valence-electron chi connectivity index (χ4n) is 5.33. The number of carbonyl (C=O) groups is 1. The Labute approximate surface area is 201 Å². The number of nitrogens with zero attached hydrogens (tertiary/aromatic N) is 2. The van der Waals surface area contributed by atoms with Crippen LogP contribution in [0.4, 0.5) is 5.82 Å². The minimum Gasteiger partial charge on any atom is -0.494 e. The van der Waals surface area contributed by atoms with E-state index < -0.39 is 0 Å². The number of ether oxygens (including phenoxy) is 1. The molecule has 5 heteroatoms. The third-order valence-electron chi connectivity index (χ3n) is 6.88. The van der Waals surface area contributed by atoms with Crippen LogP contribution in [0.15, 0.2) is 66.4 Å². The topological polar surface area (TPSA) is 56.1 Å². The Morgan fingerprint density at radius 2 is 1.82 bits per heavy atom. The molecule has 3 aromatic rings. The average Bonchev–Trinajstić information content (AvgIpc) is 3.14. The van der Waals surface area contributed by atoms with Crippen molar-refractivity contribution in [1.29, 1.82) is 0 Å². The summed E-state index contributed by atoms with van der Waals surface area (Å²) in [6, 6.07) is 18.5. The third-order valence-corrected chi connectivity index (χ3v) is 6.88. The highest BCUT2D eigenvalue weighted by atomic mass is 16.5. The maximum atomic E-state index is 13.5. The number of benzene rings is 2. The SMILES string of the molecule is CCCCOc1ccc([C@@H]2c3c(C)nn(-c4ccccc4)c3NC3=CC(C)(C)CC(=O)[C@H]32)cc1. The maximum absolute atomic E-state index is 13.5. The molecule has 176 valence electrons. The van der Waals surface area contributed by atoms with Gasteiger partial charge in [0.05, 0.1) is 23.9 Å². The van der Waals surface area contributed by atoms with Gasteiger partial charge in [-0.25, -0.2) is 4.68 Å². The van der Waals surface area contributed by atoms with Gasteiger partial charge in [0.1, 0.15) is 17.4 Å². The van der Waals surface area contributed by atoms with Gasteiger partial charge < -0.3 is 10.1 Å². The predicted molar refractivity (Wildman–Crippen MR) is 136 cm³/mol. The van der Waals surface area contributed by atoms with E-state index in [4.69, 9.17) is 9.84 Å². The Morgan fingerprint density at radius 3 is 2.53 bits per heavy atom. The number of hydrogen-bond acceptors (Lipinski definition) is 4. The fraction of sp³-hybridized carbons (Fsp3) is 0.379. The molecular formula is C29H33N3O2. The second-order valence-corrected chi connectivity index (χ2v) is 10.2. The second-order valence-electron chi connectivity index (χ2n) is 10.2. The minimum absolute atomic E-state index is 0.0896. The van der Waals surface area contributed by atoms with Crippen molar-refractivity contribution < 1.29 is 9.53 Å². The Morgan fingerprint density at radius 1 is 1.09 bits per heavy atom. The number of aryl methyl sites for hydroxylation is 1. The summed E-state index contributed by atoms with van der Waals surface area (Å²) in [5.41, 5.74) is 4.96. The van der Waals surface area contributed by atoms with E-state index in [9.17, 15) is 4.79 Å². The Hall–Kier alpha value is -3.34. The molecule has 0 unspecified atom stereocenters. The highest BCUT2D eigenvalue weighted by Crippen LogP contribution is 2.50. The lowest BCUT2D eigenvalue weighted by molar-refractivity contribution is -0.124. The van der Waals surface area contributed by atoms with E-state index >= 15 is 0 Å². The molecule has 2 aromatic carbocycles. The summed E-state index contributed by atoms with van der Waals surface area (Å²) in [5.74, 6) is 1.77. The highest BCUT2D eigenvalue weighted by molar-refractivity contribution is 5.90. The number of Topliss-reactive ketones (excluding diaryl/α,β-unsaturated/α-hetero) is 1. The number of rotatable bonds is 6. The largest absolute Gasteiger partial charge is 0.494 e. The zero-order valence-electron chi connectivity index (χ0n) is 20.5. The number of para-hydroxylation sites is 1. The van der Waals surface area contributed by atoms with Crippen molar-refractivity contribution in [2.75, 3.05) is 11.9 Å². The first kappa shape index (κ1) is 22.5. The molecule has 0 bridgehead atoms. The molecule has 34 heavy (non-hydrogen) atoms. The van der Waals surface area contributed by atoms with Crippen molar-refractivity contribution in [2.24, 2.45) is 11.3 Å². The Kier molecular flexibility index (Phi) is 5.80. The van der Waals surface area contributed by atoms with Crippen LogP contribution in [-0.2, 0) is 4.79 Å². The van der Waals surface area contributed by atoms with E-state index in [0.717, 1.165) is 59.2 Å². The summed E-state index contributed by atoms with van der Waals surface area (Å²) in [5, 5.41) is 8.55. The molecule has 2 heterocycles. The van der Waals surface area contributed by atoms with Crippen LogP contribution in [0, 0.1) is 18.3 Å². The van der Waals surface area contributed by atoms with Gasteiger partial charge in [-0.15, -0.1) is 0 Å². The lowest BCUT2D eigenvalue weighted by Gasteiger charge is -2.40. The van der Waals surface area contributed by atoms with Crippen LogP contribution < -0.4 is 10.1 Å². The van der Waals surface area contributed by atoms with E-state index in [1.165, 1.54) is 0 Å². The van der Waals surface area contributed by atoms with Gasteiger partial charge in [-0.05, 0) is 48.6 Å². The van der Waals surface area contributed by atoms with E-state index in [1.54, 1.807) is 0 Å². The first-order valence-corrected chi connectivity index (χ1v) is 12.3.